The van der Waals surface area contributed by atoms with Crippen molar-refractivity contribution in [2.75, 3.05) is 26.7 Å². The van der Waals surface area contributed by atoms with Crippen molar-refractivity contribution >= 4 is 11.6 Å². The van der Waals surface area contributed by atoms with Crippen LogP contribution in [0.4, 0.5) is 0 Å². The van der Waals surface area contributed by atoms with Crippen LogP contribution in [-0.2, 0) is 0 Å². The molecule has 0 radical (unpaired) electrons. The van der Waals surface area contributed by atoms with E-state index in [1.807, 2.05) is 43.3 Å². The van der Waals surface area contributed by atoms with Gasteiger partial charge in [-0.05, 0) is 95.1 Å². The van der Waals surface area contributed by atoms with Crippen LogP contribution in [0, 0.1) is 12.8 Å². The van der Waals surface area contributed by atoms with E-state index in [1.165, 1.54) is 32.4 Å². The summed E-state index contributed by atoms with van der Waals surface area (Å²) in [5.74, 6) is 2.65. The molecule has 1 aliphatic rings. The van der Waals surface area contributed by atoms with E-state index < -0.39 is 0 Å². The van der Waals surface area contributed by atoms with Crippen molar-refractivity contribution < 1.29 is 4.74 Å². The lowest BCUT2D eigenvalue weighted by Gasteiger charge is -2.28. The monoisotopic (exact) mass is 423 g/mol. The number of aromatic amines is 1. The lowest BCUT2D eigenvalue weighted by molar-refractivity contribution is 0.200. The second-order valence-corrected chi connectivity index (χ2v) is 8.76. The molecule has 1 fully saturated rings. The number of rotatable bonds is 7. The van der Waals surface area contributed by atoms with Crippen LogP contribution < -0.4 is 4.74 Å². The number of hydrogen-bond donors (Lipinski definition) is 1. The lowest BCUT2D eigenvalue weighted by Crippen LogP contribution is -2.30. The van der Waals surface area contributed by atoms with Crippen LogP contribution in [0.5, 0.6) is 5.75 Å². The number of likely N-dealkylation sites (tertiary alicyclic amines) is 1. The Bertz CT molecular complexity index is 942. The highest BCUT2D eigenvalue weighted by Gasteiger charge is 2.16. The molecular formula is C25H30ClN3O. The zero-order valence-corrected chi connectivity index (χ0v) is 18.6. The van der Waals surface area contributed by atoms with Gasteiger partial charge in [0.1, 0.15) is 11.6 Å². The second-order valence-electron chi connectivity index (χ2n) is 8.33. The SMILES string of the molecule is Cc1[nH]c(-c2ccc(OCCCC3CCN(C)CC3)cc2)nc1-c1ccc(Cl)cc1. The third-order valence-corrected chi connectivity index (χ3v) is 6.25. The molecule has 0 bridgehead atoms. The summed E-state index contributed by atoms with van der Waals surface area (Å²) < 4.78 is 5.96. The molecule has 1 saturated heterocycles. The van der Waals surface area contributed by atoms with Gasteiger partial charge in [0.2, 0.25) is 0 Å². The molecule has 0 unspecified atom stereocenters. The quantitative estimate of drug-likeness (QED) is 0.459. The Labute approximate surface area is 184 Å². The van der Waals surface area contributed by atoms with Gasteiger partial charge in [-0.2, -0.15) is 0 Å². The first-order valence-electron chi connectivity index (χ1n) is 10.8. The fourth-order valence-corrected chi connectivity index (χ4v) is 4.23. The Morgan fingerprint density at radius 3 is 2.40 bits per heavy atom. The molecule has 30 heavy (non-hydrogen) atoms. The Kier molecular flexibility index (Phi) is 6.76. The summed E-state index contributed by atoms with van der Waals surface area (Å²) in [6.45, 7) is 5.30. The predicted octanol–water partition coefficient (Wildman–Crippen LogP) is 6.21. The summed E-state index contributed by atoms with van der Waals surface area (Å²) in [5, 5.41) is 0.731. The standard InChI is InChI=1S/C25H30ClN3O/c1-18-24(20-5-9-22(26)10-6-20)28-25(27-18)21-7-11-23(12-8-21)30-17-3-4-19-13-15-29(2)16-14-19/h5-12,19H,3-4,13-17H2,1-2H3,(H,27,28). The van der Waals surface area contributed by atoms with Gasteiger partial charge in [0.15, 0.2) is 0 Å². The molecule has 2 heterocycles. The highest BCUT2D eigenvalue weighted by Crippen LogP contribution is 2.28. The molecule has 4 rings (SSSR count). The minimum atomic E-state index is 0.731. The van der Waals surface area contributed by atoms with Crippen LogP contribution in [0.25, 0.3) is 22.6 Å². The molecule has 3 aromatic rings. The number of halogens is 1. The number of H-pyrrole nitrogens is 1. The fourth-order valence-electron chi connectivity index (χ4n) is 4.11. The van der Waals surface area contributed by atoms with Crippen LogP contribution in [0.15, 0.2) is 48.5 Å². The highest BCUT2D eigenvalue weighted by molar-refractivity contribution is 6.30. The van der Waals surface area contributed by atoms with Gasteiger partial charge in [0, 0.05) is 21.8 Å². The third kappa shape index (κ3) is 5.24. The number of benzene rings is 2. The van der Waals surface area contributed by atoms with Crippen molar-refractivity contribution in [1.82, 2.24) is 14.9 Å². The molecule has 5 heteroatoms. The van der Waals surface area contributed by atoms with Crippen LogP contribution in [0.3, 0.4) is 0 Å². The first-order chi connectivity index (χ1) is 14.6. The topological polar surface area (TPSA) is 41.1 Å². The van der Waals surface area contributed by atoms with Crippen molar-refractivity contribution in [3.63, 3.8) is 0 Å². The van der Waals surface area contributed by atoms with Crippen molar-refractivity contribution in [2.24, 2.45) is 5.92 Å². The number of imidazole rings is 1. The minimum absolute atomic E-state index is 0.731. The summed E-state index contributed by atoms with van der Waals surface area (Å²) in [6, 6.07) is 16.0. The zero-order chi connectivity index (χ0) is 20.9. The van der Waals surface area contributed by atoms with Gasteiger partial charge in [-0.25, -0.2) is 4.98 Å². The van der Waals surface area contributed by atoms with Crippen LogP contribution in [0.1, 0.15) is 31.4 Å². The largest absolute Gasteiger partial charge is 0.494 e. The number of nitrogens with zero attached hydrogens (tertiary/aromatic N) is 2. The zero-order valence-electron chi connectivity index (χ0n) is 17.8. The molecule has 2 aromatic carbocycles. The van der Waals surface area contributed by atoms with Crippen LogP contribution in [0.2, 0.25) is 5.02 Å². The number of aryl methyl sites for hydroxylation is 1. The van der Waals surface area contributed by atoms with Crippen LogP contribution >= 0.6 is 11.6 Å². The Morgan fingerprint density at radius 1 is 1.03 bits per heavy atom. The van der Waals surface area contributed by atoms with Gasteiger partial charge in [-0.15, -0.1) is 0 Å². The normalized spacial score (nSPS) is 15.4. The maximum absolute atomic E-state index is 6.00. The molecule has 1 aliphatic heterocycles. The Morgan fingerprint density at radius 2 is 1.70 bits per heavy atom. The summed E-state index contributed by atoms with van der Waals surface area (Å²) >= 11 is 6.00. The number of nitrogens with one attached hydrogen (secondary N) is 1. The molecule has 0 aliphatic carbocycles. The lowest BCUT2D eigenvalue weighted by atomic mass is 9.93. The summed E-state index contributed by atoms with van der Waals surface area (Å²) in [4.78, 5) is 10.6. The van der Waals surface area contributed by atoms with Crippen molar-refractivity contribution in [1.29, 1.82) is 0 Å². The molecule has 4 nitrogen and oxygen atoms in total. The minimum Gasteiger partial charge on any atom is -0.494 e. The van der Waals surface area contributed by atoms with Crippen molar-refractivity contribution in [3.8, 4) is 28.4 Å². The first kappa shape index (κ1) is 21.0. The molecule has 0 saturated carbocycles. The molecule has 0 amide bonds. The summed E-state index contributed by atoms with van der Waals surface area (Å²) in [5.41, 5.74) is 4.11. The number of aromatic nitrogens is 2. The molecular weight excluding hydrogens is 394 g/mol. The van der Waals surface area contributed by atoms with E-state index in [-0.39, 0.29) is 0 Å². The molecule has 1 N–H and O–H groups in total. The molecule has 1 aromatic heterocycles. The number of ether oxygens (including phenoxy) is 1. The number of piperidine rings is 1. The molecule has 0 atom stereocenters. The maximum atomic E-state index is 6.00. The van der Waals surface area contributed by atoms with Gasteiger partial charge in [0.25, 0.3) is 0 Å². The Hall–Kier alpha value is -2.30. The summed E-state index contributed by atoms with van der Waals surface area (Å²) in [6.07, 6.45) is 5.04. The third-order valence-electron chi connectivity index (χ3n) is 5.99. The van der Waals surface area contributed by atoms with E-state index in [4.69, 9.17) is 21.3 Å². The van der Waals surface area contributed by atoms with E-state index >= 15 is 0 Å². The van der Waals surface area contributed by atoms with E-state index in [0.29, 0.717) is 0 Å². The van der Waals surface area contributed by atoms with Crippen molar-refractivity contribution in [2.45, 2.75) is 32.6 Å². The van der Waals surface area contributed by atoms with E-state index in [0.717, 1.165) is 58.1 Å². The average molecular weight is 424 g/mol. The van der Waals surface area contributed by atoms with Gasteiger partial charge < -0.3 is 14.6 Å². The Balaban J connectivity index is 1.31. The molecule has 0 spiro atoms. The van der Waals surface area contributed by atoms with Gasteiger partial charge >= 0.3 is 0 Å². The van der Waals surface area contributed by atoms with Gasteiger partial charge in [-0.3, -0.25) is 0 Å². The maximum Gasteiger partial charge on any atom is 0.138 e. The molecule has 158 valence electrons. The van der Waals surface area contributed by atoms with E-state index in [9.17, 15) is 0 Å². The van der Waals surface area contributed by atoms with E-state index in [2.05, 4.69) is 29.1 Å². The van der Waals surface area contributed by atoms with Gasteiger partial charge in [-0.1, -0.05) is 23.7 Å². The average Bonchev–Trinajstić information content (AvgIpc) is 3.15. The number of hydrogen-bond acceptors (Lipinski definition) is 3. The van der Waals surface area contributed by atoms with Crippen LogP contribution in [-0.4, -0.2) is 41.6 Å². The fraction of sp³-hybridized carbons (Fsp3) is 0.400. The smallest absolute Gasteiger partial charge is 0.138 e. The summed E-state index contributed by atoms with van der Waals surface area (Å²) in [7, 11) is 2.21. The van der Waals surface area contributed by atoms with Crippen molar-refractivity contribution in [3.05, 3.63) is 59.2 Å². The predicted molar refractivity (Wildman–Crippen MR) is 124 cm³/mol. The van der Waals surface area contributed by atoms with E-state index in [1.54, 1.807) is 0 Å². The first-order valence-corrected chi connectivity index (χ1v) is 11.2. The van der Waals surface area contributed by atoms with Gasteiger partial charge in [0.05, 0.1) is 12.3 Å². The second kappa shape index (κ2) is 9.67. The highest BCUT2D eigenvalue weighted by atomic mass is 35.5.